The van der Waals surface area contributed by atoms with E-state index < -0.39 is 0 Å². The molecule has 106 valence electrons. The molecule has 3 nitrogen and oxygen atoms in total. The number of nitrogens with one attached hydrogen (secondary N) is 1. The Bertz CT molecular complexity index is 224. The van der Waals surface area contributed by atoms with Crippen molar-refractivity contribution in [2.45, 2.75) is 57.5 Å². The lowest BCUT2D eigenvalue weighted by atomic mass is 9.99. The van der Waals surface area contributed by atoms with Gasteiger partial charge in [0.25, 0.3) is 0 Å². The van der Waals surface area contributed by atoms with Crippen molar-refractivity contribution in [2.24, 2.45) is 0 Å². The molecule has 0 aliphatic carbocycles. The molecule has 2 aliphatic heterocycles. The molecule has 2 saturated heterocycles. The van der Waals surface area contributed by atoms with Crippen LogP contribution in [0.15, 0.2) is 0 Å². The first-order chi connectivity index (χ1) is 8.79. The first-order valence-electron chi connectivity index (χ1n) is 7.95. The maximum atomic E-state index is 3.58. The summed E-state index contributed by atoms with van der Waals surface area (Å²) < 4.78 is 0. The van der Waals surface area contributed by atoms with E-state index in [0.29, 0.717) is 0 Å². The van der Waals surface area contributed by atoms with Gasteiger partial charge in [-0.1, -0.05) is 13.3 Å². The minimum atomic E-state index is 0.781. The van der Waals surface area contributed by atoms with Gasteiger partial charge in [0.2, 0.25) is 0 Å². The van der Waals surface area contributed by atoms with Crippen LogP contribution >= 0.6 is 0 Å². The molecule has 2 rings (SSSR count). The summed E-state index contributed by atoms with van der Waals surface area (Å²) in [5, 5.41) is 3.58. The third kappa shape index (κ3) is 4.22. The number of nitrogens with zero attached hydrogens (tertiary/aromatic N) is 2. The van der Waals surface area contributed by atoms with Crippen LogP contribution in [0.3, 0.4) is 0 Å². The fraction of sp³-hybridized carbons (Fsp3) is 1.00. The van der Waals surface area contributed by atoms with Gasteiger partial charge in [0.15, 0.2) is 0 Å². The summed E-state index contributed by atoms with van der Waals surface area (Å²) in [6.07, 6.45) is 8.33. The van der Waals surface area contributed by atoms with Crippen LogP contribution in [0, 0.1) is 0 Å². The second kappa shape index (κ2) is 7.46. The first-order valence-corrected chi connectivity index (χ1v) is 7.95. The second-order valence-electron chi connectivity index (χ2n) is 6.09. The minimum absolute atomic E-state index is 0.781. The molecule has 1 unspecified atom stereocenters. The average molecular weight is 253 g/mol. The van der Waals surface area contributed by atoms with E-state index in [1.54, 1.807) is 0 Å². The number of piperidine rings is 2. The van der Waals surface area contributed by atoms with Gasteiger partial charge in [0.1, 0.15) is 0 Å². The predicted octanol–water partition coefficient (Wildman–Crippen LogP) is 1.93. The zero-order valence-corrected chi connectivity index (χ0v) is 12.3. The van der Waals surface area contributed by atoms with Crippen LogP contribution in [0.4, 0.5) is 0 Å². The SMILES string of the molecule is CCNC1CCN(CCC2CCCCN2C)CC1. The van der Waals surface area contributed by atoms with E-state index in [2.05, 4.69) is 29.1 Å². The summed E-state index contributed by atoms with van der Waals surface area (Å²) >= 11 is 0. The molecule has 3 heteroatoms. The van der Waals surface area contributed by atoms with Crippen LogP contribution in [0.1, 0.15) is 45.4 Å². The number of hydrogen-bond acceptors (Lipinski definition) is 3. The number of likely N-dealkylation sites (tertiary alicyclic amines) is 2. The smallest absolute Gasteiger partial charge is 0.0104 e. The zero-order valence-electron chi connectivity index (χ0n) is 12.3. The summed E-state index contributed by atoms with van der Waals surface area (Å²) in [4.78, 5) is 5.26. The molecule has 0 spiro atoms. The van der Waals surface area contributed by atoms with Crippen LogP contribution < -0.4 is 5.32 Å². The summed E-state index contributed by atoms with van der Waals surface area (Å²) in [7, 11) is 2.31. The van der Waals surface area contributed by atoms with Gasteiger partial charge in [-0.15, -0.1) is 0 Å². The first kappa shape index (κ1) is 14.3. The molecule has 0 bridgehead atoms. The number of rotatable bonds is 5. The van der Waals surface area contributed by atoms with Crippen molar-refractivity contribution in [1.29, 1.82) is 0 Å². The van der Waals surface area contributed by atoms with E-state index in [0.717, 1.165) is 18.6 Å². The van der Waals surface area contributed by atoms with Crippen molar-refractivity contribution in [3.63, 3.8) is 0 Å². The summed E-state index contributed by atoms with van der Waals surface area (Å²) in [6, 6.07) is 1.63. The normalized spacial score (nSPS) is 28.7. The minimum Gasteiger partial charge on any atom is -0.314 e. The molecule has 2 fully saturated rings. The molecule has 0 saturated carbocycles. The molecular formula is C15H31N3. The van der Waals surface area contributed by atoms with E-state index in [1.165, 1.54) is 64.7 Å². The standard InChI is InChI=1S/C15H31N3/c1-3-16-14-7-11-18(12-8-14)13-9-15-6-4-5-10-17(15)2/h14-16H,3-13H2,1-2H3. The maximum absolute atomic E-state index is 3.58. The average Bonchev–Trinajstić information content (AvgIpc) is 2.40. The van der Waals surface area contributed by atoms with Gasteiger partial charge in [-0.3, -0.25) is 0 Å². The maximum Gasteiger partial charge on any atom is 0.0104 e. The molecule has 0 aromatic carbocycles. The molecule has 2 heterocycles. The Morgan fingerprint density at radius 3 is 2.50 bits per heavy atom. The predicted molar refractivity (Wildman–Crippen MR) is 78.0 cm³/mol. The van der Waals surface area contributed by atoms with Crippen molar-refractivity contribution >= 4 is 0 Å². The van der Waals surface area contributed by atoms with Gasteiger partial charge in [0.05, 0.1) is 0 Å². The lowest BCUT2D eigenvalue weighted by Gasteiger charge is -2.36. The van der Waals surface area contributed by atoms with E-state index in [9.17, 15) is 0 Å². The highest BCUT2D eigenvalue weighted by molar-refractivity contribution is 4.79. The van der Waals surface area contributed by atoms with Crippen molar-refractivity contribution < 1.29 is 0 Å². The Morgan fingerprint density at radius 1 is 1.06 bits per heavy atom. The van der Waals surface area contributed by atoms with Gasteiger partial charge in [-0.05, 0) is 71.9 Å². The third-order valence-electron chi connectivity index (χ3n) is 4.78. The van der Waals surface area contributed by atoms with E-state index in [4.69, 9.17) is 0 Å². The van der Waals surface area contributed by atoms with Crippen molar-refractivity contribution in [3.05, 3.63) is 0 Å². The van der Waals surface area contributed by atoms with Crippen LogP contribution in [0.5, 0.6) is 0 Å². The Hall–Kier alpha value is -0.120. The molecule has 1 N–H and O–H groups in total. The van der Waals surface area contributed by atoms with Gasteiger partial charge >= 0.3 is 0 Å². The van der Waals surface area contributed by atoms with Crippen molar-refractivity contribution in [2.75, 3.05) is 39.8 Å². The highest BCUT2D eigenvalue weighted by Crippen LogP contribution is 2.19. The van der Waals surface area contributed by atoms with Gasteiger partial charge in [-0.2, -0.15) is 0 Å². The lowest BCUT2D eigenvalue weighted by molar-refractivity contribution is 0.139. The lowest BCUT2D eigenvalue weighted by Crippen LogP contribution is -2.44. The monoisotopic (exact) mass is 253 g/mol. The largest absolute Gasteiger partial charge is 0.314 e. The Labute approximate surface area is 113 Å². The highest BCUT2D eigenvalue weighted by Gasteiger charge is 2.22. The fourth-order valence-electron chi connectivity index (χ4n) is 3.49. The highest BCUT2D eigenvalue weighted by atomic mass is 15.2. The van der Waals surface area contributed by atoms with Crippen LogP contribution in [-0.2, 0) is 0 Å². The molecule has 1 atom stereocenters. The molecular weight excluding hydrogens is 222 g/mol. The Balaban J connectivity index is 1.62. The van der Waals surface area contributed by atoms with Crippen LogP contribution in [0.25, 0.3) is 0 Å². The topological polar surface area (TPSA) is 18.5 Å². The second-order valence-corrected chi connectivity index (χ2v) is 6.09. The molecule has 0 amide bonds. The van der Waals surface area contributed by atoms with Gasteiger partial charge in [-0.25, -0.2) is 0 Å². The Kier molecular flexibility index (Phi) is 5.93. The molecule has 0 radical (unpaired) electrons. The van der Waals surface area contributed by atoms with Crippen molar-refractivity contribution in [1.82, 2.24) is 15.1 Å². The third-order valence-corrected chi connectivity index (χ3v) is 4.78. The summed E-state index contributed by atoms with van der Waals surface area (Å²) in [5.41, 5.74) is 0. The van der Waals surface area contributed by atoms with Crippen LogP contribution in [-0.4, -0.2) is 61.7 Å². The van der Waals surface area contributed by atoms with E-state index >= 15 is 0 Å². The van der Waals surface area contributed by atoms with E-state index in [1.807, 2.05) is 0 Å². The van der Waals surface area contributed by atoms with Crippen LogP contribution in [0.2, 0.25) is 0 Å². The quantitative estimate of drug-likeness (QED) is 0.808. The van der Waals surface area contributed by atoms with Crippen molar-refractivity contribution in [3.8, 4) is 0 Å². The summed E-state index contributed by atoms with van der Waals surface area (Å²) in [6.45, 7) is 8.56. The zero-order chi connectivity index (χ0) is 12.8. The molecule has 0 aromatic rings. The Morgan fingerprint density at radius 2 is 1.83 bits per heavy atom. The summed E-state index contributed by atoms with van der Waals surface area (Å²) in [5.74, 6) is 0. The molecule has 0 aromatic heterocycles. The fourth-order valence-corrected chi connectivity index (χ4v) is 3.49. The number of hydrogen-bond donors (Lipinski definition) is 1. The van der Waals surface area contributed by atoms with Gasteiger partial charge < -0.3 is 15.1 Å². The molecule has 2 aliphatic rings. The van der Waals surface area contributed by atoms with E-state index in [-0.39, 0.29) is 0 Å². The van der Waals surface area contributed by atoms with Gasteiger partial charge in [0, 0.05) is 12.1 Å². The molecule has 18 heavy (non-hydrogen) atoms.